The lowest BCUT2D eigenvalue weighted by Gasteiger charge is -2.36. The van der Waals surface area contributed by atoms with E-state index in [2.05, 4.69) is 43.2 Å². The number of fused-ring (bicyclic) bond motifs is 1. The minimum atomic E-state index is -0.0780. The van der Waals surface area contributed by atoms with E-state index in [4.69, 9.17) is 14.2 Å². The lowest BCUT2D eigenvalue weighted by molar-refractivity contribution is -0.117. The van der Waals surface area contributed by atoms with Gasteiger partial charge in [-0.3, -0.25) is 9.69 Å². The van der Waals surface area contributed by atoms with Crippen LogP contribution in [0.4, 0.5) is 5.69 Å². The average molecular weight is 530 g/mol. The van der Waals surface area contributed by atoms with Crippen LogP contribution in [0.5, 0.6) is 17.2 Å². The maximum atomic E-state index is 12.6. The van der Waals surface area contributed by atoms with E-state index in [1.54, 1.807) is 14.2 Å². The highest BCUT2D eigenvalue weighted by atomic mass is 79.9. The Kier molecular flexibility index (Phi) is 8.34. The number of carbonyl (C=O) groups is 1. The zero-order chi connectivity index (χ0) is 23.9. The fraction of sp³-hybridized carbons (Fsp3) is 0.423. The van der Waals surface area contributed by atoms with Crippen molar-refractivity contribution < 1.29 is 19.0 Å². The van der Waals surface area contributed by atoms with Gasteiger partial charge in [0.05, 0.1) is 25.5 Å². The zero-order valence-electron chi connectivity index (χ0n) is 19.8. The van der Waals surface area contributed by atoms with Crippen LogP contribution >= 0.6 is 15.9 Å². The molecule has 2 aromatic carbocycles. The van der Waals surface area contributed by atoms with E-state index in [1.165, 1.54) is 5.69 Å². The largest absolute Gasteiger partial charge is 0.495 e. The van der Waals surface area contributed by atoms with Crippen molar-refractivity contribution in [2.45, 2.75) is 12.8 Å². The zero-order valence-corrected chi connectivity index (χ0v) is 21.4. The van der Waals surface area contributed by atoms with Crippen molar-refractivity contribution >= 4 is 33.6 Å². The van der Waals surface area contributed by atoms with E-state index in [0.717, 1.165) is 61.4 Å². The molecule has 34 heavy (non-hydrogen) atoms. The predicted molar refractivity (Wildman–Crippen MR) is 138 cm³/mol. The van der Waals surface area contributed by atoms with Gasteiger partial charge in [-0.25, -0.2) is 0 Å². The Labute approximate surface area is 209 Å². The van der Waals surface area contributed by atoms with Crippen LogP contribution in [-0.4, -0.2) is 70.9 Å². The topological polar surface area (TPSA) is 63.3 Å². The van der Waals surface area contributed by atoms with Crippen molar-refractivity contribution in [3.8, 4) is 17.2 Å². The van der Waals surface area contributed by atoms with Crippen molar-refractivity contribution in [1.29, 1.82) is 0 Å². The average Bonchev–Trinajstić information content (AvgIpc) is 2.89. The van der Waals surface area contributed by atoms with E-state index in [-0.39, 0.29) is 12.5 Å². The Morgan fingerprint density at radius 3 is 2.56 bits per heavy atom. The van der Waals surface area contributed by atoms with Gasteiger partial charge in [0, 0.05) is 42.8 Å². The summed E-state index contributed by atoms with van der Waals surface area (Å²) in [6.45, 7) is 5.99. The Balaban J connectivity index is 1.18. The monoisotopic (exact) mass is 529 g/mol. The number of hydrogen-bond donors (Lipinski definition) is 1. The molecule has 0 radical (unpaired) electrons. The predicted octanol–water partition coefficient (Wildman–Crippen LogP) is 3.96. The van der Waals surface area contributed by atoms with Crippen molar-refractivity contribution in [2.75, 3.05) is 65.0 Å². The van der Waals surface area contributed by atoms with Gasteiger partial charge in [0.1, 0.15) is 12.4 Å². The number of piperazine rings is 1. The Bertz CT molecular complexity index is 1030. The molecule has 0 aromatic heterocycles. The second-order valence-corrected chi connectivity index (χ2v) is 9.27. The number of benzene rings is 2. The molecule has 1 saturated heterocycles. The van der Waals surface area contributed by atoms with Gasteiger partial charge in [-0.05, 0) is 49.7 Å². The van der Waals surface area contributed by atoms with E-state index >= 15 is 0 Å². The number of halogens is 1. The summed E-state index contributed by atoms with van der Waals surface area (Å²) < 4.78 is 17.6. The summed E-state index contributed by atoms with van der Waals surface area (Å²) in [6.07, 6.45) is 3.87. The summed E-state index contributed by atoms with van der Waals surface area (Å²) in [7, 11) is 3.33. The summed E-state index contributed by atoms with van der Waals surface area (Å²) >= 11 is 3.53. The van der Waals surface area contributed by atoms with E-state index in [0.29, 0.717) is 23.6 Å². The molecule has 182 valence electrons. The molecule has 0 aliphatic carbocycles. The molecule has 7 nitrogen and oxygen atoms in total. The fourth-order valence-electron chi connectivity index (χ4n) is 4.38. The number of hydrogen-bond acceptors (Lipinski definition) is 6. The number of rotatable bonds is 9. The second-order valence-electron chi connectivity index (χ2n) is 8.41. The van der Waals surface area contributed by atoms with Gasteiger partial charge in [-0.2, -0.15) is 0 Å². The number of anilines is 1. The molecular formula is C26H32BrN3O4. The lowest BCUT2D eigenvalue weighted by Crippen LogP contribution is -2.46. The van der Waals surface area contributed by atoms with Gasteiger partial charge in [0.2, 0.25) is 0 Å². The molecule has 0 atom stereocenters. The number of para-hydroxylation sites is 2. The summed E-state index contributed by atoms with van der Waals surface area (Å²) in [6, 6.07) is 11.9. The van der Waals surface area contributed by atoms with Gasteiger partial charge in [-0.1, -0.05) is 28.1 Å². The van der Waals surface area contributed by atoms with E-state index < -0.39 is 0 Å². The maximum Gasteiger partial charge on any atom is 0.250 e. The Morgan fingerprint density at radius 1 is 1.03 bits per heavy atom. The molecule has 0 spiro atoms. The standard InChI is InChI=1S/C26H32BrN3O4/c1-32-23-8-4-3-7-22(23)30-15-13-29(14-16-30)12-6-5-11-28-26(31)19-17-20-21(27)9-10-24(33-2)25(20)34-18-19/h3-4,7-10,17H,5-6,11-16,18H2,1-2H3,(H,28,31). The number of methoxy groups -OCH3 is 2. The first-order valence-corrected chi connectivity index (χ1v) is 12.5. The molecule has 2 aliphatic rings. The molecule has 1 fully saturated rings. The van der Waals surface area contributed by atoms with Crippen LogP contribution in [0.1, 0.15) is 18.4 Å². The maximum absolute atomic E-state index is 12.6. The molecule has 8 heteroatoms. The molecule has 0 unspecified atom stereocenters. The lowest BCUT2D eigenvalue weighted by atomic mass is 10.1. The van der Waals surface area contributed by atoms with Crippen LogP contribution in [-0.2, 0) is 4.79 Å². The van der Waals surface area contributed by atoms with Gasteiger partial charge >= 0.3 is 0 Å². The number of unbranched alkanes of at least 4 members (excludes halogenated alkanes) is 1. The summed E-state index contributed by atoms with van der Waals surface area (Å²) in [5.74, 6) is 2.18. The fourth-order valence-corrected chi connectivity index (χ4v) is 4.80. The third kappa shape index (κ3) is 5.67. The second kappa shape index (κ2) is 11.6. The van der Waals surface area contributed by atoms with Crippen molar-refractivity contribution in [1.82, 2.24) is 10.2 Å². The number of carbonyl (C=O) groups excluding carboxylic acids is 1. The van der Waals surface area contributed by atoms with Crippen molar-refractivity contribution in [3.63, 3.8) is 0 Å². The number of amides is 1. The third-order valence-electron chi connectivity index (χ3n) is 6.29. The first kappa shape index (κ1) is 24.4. The molecule has 4 rings (SSSR count). The summed E-state index contributed by atoms with van der Waals surface area (Å²) in [5.41, 5.74) is 2.62. The Hall–Kier alpha value is -2.71. The quantitative estimate of drug-likeness (QED) is 0.496. The highest BCUT2D eigenvalue weighted by Gasteiger charge is 2.22. The number of nitrogens with one attached hydrogen (secondary N) is 1. The van der Waals surface area contributed by atoms with Crippen LogP contribution in [0.2, 0.25) is 0 Å². The molecule has 1 amide bonds. The van der Waals surface area contributed by atoms with Crippen LogP contribution in [0.3, 0.4) is 0 Å². The molecule has 2 aromatic rings. The molecular weight excluding hydrogens is 498 g/mol. The van der Waals surface area contributed by atoms with Crippen LogP contribution in [0.15, 0.2) is 46.4 Å². The first-order chi connectivity index (χ1) is 16.6. The normalized spacial score (nSPS) is 15.7. The van der Waals surface area contributed by atoms with Gasteiger partial charge in [0.15, 0.2) is 11.5 Å². The van der Waals surface area contributed by atoms with E-state index in [9.17, 15) is 4.79 Å². The minimum absolute atomic E-state index is 0.0780. The van der Waals surface area contributed by atoms with Crippen molar-refractivity contribution in [3.05, 3.63) is 52.0 Å². The molecule has 2 heterocycles. The van der Waals surface area contributed by atoms with Crippen molar-refractivity contribution in [2.24, 2.45) is 0 Å². The van der Waals surface area contributed by atoms with Crippen LogP contribution in [0.25, 0.3) is 6.08 Å². The third-order valence-corrected chi connectivity index (χ3v) is 6.99. The highest BCUT2D eigenvalue weighted by Crippen LogP contribution is 2.40. The molecule has 0 saturated carbocycles. The molecule has 2 aliphatic heterocycles. The SMILES string of the molecule is COc1ccccc1N1CCN(CCCCNC(=O)C2=Cc3c(Br)ccc(OC)c3OC2)CC1. The van der Waals surface area contributed by atoms with Gasteiger partial charge in [-0.15, -0.1) is 0 Å². The van der Waals surface area contributed by atoms with Crippen LogP contribution in [0, 0.1) is 0 Å². The van der Waals surface area contributed by atoms with Crippen LogP contribution < -0.4 is 24.4 Å². The van der Waals surface area contributed by atoms with Gasteiger partial charge < -0.3 is 24.4 Å². The molecule has 0 bridgehead atoms. The summed E-state index contributed by atoms with van der Waals surface area (Å²) in [5, 5.41) is 3.04. The Morgan fingerprint density at radius 2 is 1.79 bits per heavy atom. The first-order valence-electron chi connectivity index (χ1n) is 11.7. The minimum Gasteiger partial charge on any atom is -0.495 e. The van der Waals surface area contributed by atoms with E-state index in [1.807, 2.05) is 30.3 Å². The van der Waals surface area contributed by atoms with Gasteiger partial charge in [0.25, 0.3) is 5.91 Å². The smallest absolute Gasteiger partial charge is 0.250 e. The molecule has 1 N–H and O–H groups in total. The summed E-state index contributed by atoms with van der Waals surface area (Å²) in [4.78, 5) is 17.5. The number of ether oxygens (including phenoxy) is 3. The highest BCUT2D eigenvalue weighted by molar-refractivity contribution is 9.10. The number of nitrogens with zero attached hydrogens (tertiary/aromatic N) is 2.